The molecule has 2 aromatic rings. The summed E-state index contributed by atoms with van der Waals surface area (Å²) in [6.45, 7) is 3.91. The molecule has 112 valence electrons. The first-order chi connectivity index (χ1) is 10.1. The van der Waals surface area contributed by atoms with Crippen LogP contribution in [-0.2, 0) is 0 Å². The third-order valence-electron chi connectivity index (χ3n) is 4.18. The zero-order chi connectivity index (χ0) is 15.0. The molecule has 0 spiro atoms. The standard InChI is InChI=1S/C16H19ClN2O2/c1-10-12-4-3-5-13(17)15(12)21-14(10)16(20)18-11-6-8-19(2)9-7-11/h3-5,11H,6-9H2,1-2H3,(H,18,20). The highest BCUT2D eigenvalue weighted by Gasteiger charge is 2.23. The number of para-hydroxylation sites is 1. The van der Waals surface area contributed by atoms with E-state index in [0.717, 1.165) is 36.9 Å². The van der Waals surface area contributed by atoms with Gasteiger partial charge in [0.2, 0.25) is 0 Å². The van der Waals surface area contributed by atoms with Gasteiger partial charge in [-0.25, -0.2) is 0 Å². The zero-order valence-corrected chi connectivity index (χ0v) is 13.0. The van der Waals surface area contributed by atoms with E-state index in [2.05, 4.69) is 17.3 Å². The maximum atomic E-state index is 12.4. The molecule has 3 rings (SSSR count). The molecule has 1 aromatic carbocycles. The van der Waals surface area contributed by atoms with E-state index in [1.807, 2.05) is 19.1 Å². The average Bonchev–Trinajstić information content (AvgIpc) is 2.81. The predicted octanol–water partition coefficient (Wildman–Crippen LogP) is 3.22. The minimum atomic E-state index is -0.144. The van der Waals surface area contributed by atoms with Gasteiger partial charge in [0, 0.05) is 17.0 Å². The molecule has 0 saturated carbocycles. The maximum Gasteiger partial charge on any atom is 0.287 e. The highest BCUT2D eigenvalue weighted by atomic mass is 35.5. The molecule has 0 radical (unpaired) electrons. The first-order valence-corrected chi connectivity index (χ1v) is 7.61. The van der Waals surface area contributed by atoms with Crippen molar-refractivity contribution in [3.8, 4) is 0 Å². The third kappa shape index (κ3) is 2.78. The largest absolute Gasteiger partial charge is 0.449 e. The molecule has 0 unspecified atom stereocenters. The zero-order valence-electron chi connectivity index (χ0n) is 12.3. The Bertz CT molecular complexity index is 672. The Morgan fingerprint density at radius 3 is 2.76 bits per heavy atom. The van der Waals surface area contributed by atoms with Crippen molar-refractivity contribution in [2.45, 2.75) is 25.8 Å². The van der Waals surface area contributed by atoms with Gasteiger partial charge in [0.05, 0.1) is 5.02 Å². The van der Waals surface area contributed by atoms with Crippen molar-refractivity contribution in [1.82, 2.24) is 10.2 Å². The SMILES string of the molecule is Cc1c(C(=O)NC2CCN(C)CC2)oc2c(Cl)cccc12. The minimum absolute atomic E-state index is 0.144. The Morgan fingerprint density at radius 2 is 2.10 bits per heavy atom. The highest BCUT2D eigenvalue weighted by molar-refractivity contribution is 6.35. The molecular weight excluding hydrogens is 288 g/mol. The molecule has 1 saturated heterocycles. The first-order valence-electron chi connectivity index (χ1n) is 7.23. The number of likely N-dealkylation sites (tertiary alicyclic amines) is 1. The molecule has 2 heterocycles. The number of amides is 1. The van der Waals surface area contributed by atoms with Gasteiger partial charge in [-0.05, 0) is 46.0 Å². The van der Waals surface area contributed by atoms with Gasteiger partial charge in [0.1, 0.15) is 0 Å². The molecule has 4 nitrogen and oxygen atoms in total. The smallest absolute Gasteiger partial charge is 0.287 e. The number of rotatable bonds is 2. The highest BCUT2D eigenvalue weighted by Crippen LogP contribution is 2.30. The number of halogens is 1. The Balaban J connectivity index is 1.82. The van der Waals surface area contributed by atoms with Gasteiger partial charge in [0.25, 0.3) is 5.91 Å². The van der Waals surface area contributed by atoms with Crippen molar-refractivity contribution in [2.24, 2.45) is 0 Å². The van der Waals surface area contributed by atoms with Crippen LogP contribution in [0.15, 0.2) is 22.6 Å². The van der Waals surface area contributed by atoms with Crippen LogP contribution in [0.1, 0.15) is 29.0 Å². The molecule has 21 heavy (non-hydrogen) atoms. The van der Waals surface area contributed by atoms with Crippen molar-refractivity contribution < 1.29 is 9.21 Å². The molecular formula is C16H19ClN2O2. The average molecular weight is 307 g/mol. The van der Waals surface area contributed by atoms with E-state index in [1.165, 1.54) is 0 Å². The van der Waals surface area contributed by atoms with Crippen molar-refractivity contribution in [3.63, 3.8) is 0 Å². The Kier molecular flexibility index (Phi) is 3.91. The topological polar surface area (TPSA) is 45.5 Å². The minimum Gasteiger partial charge on any atom is -0.449 e. The van der Waals surface area contributed by atoms with E-state index in [0.29, 0.717) is 16.4 Å². The van der Waals surface area contributed by atoms with E-state index in [9.17, 15) is 4.79 Å². The van der Waals surface area contributed by atoms with Gasteiger partial charge in [-0.1, -0.05) is 23.7 Å². The van der Waals surface area contributed by atoms with E-state index >= 15 is 0 Å². The fraction of sp³-hybridized carbons (Fsp3) is 0.438. The number of furan rings is 1. The lowest BCUT2D eigenvalue weighted by atomic mass is 10.1. The Labute approximate surface area is 129 Å². The van der Waals surface area contributed by atoms with Gasteiger partial charge < -0.3 is 14.6 Å². The number of piperidine rings is 1. The van der Waals surface area contributed by atoms with E-state index in [-0.39, 0.29) is 11.9 Å². The Morgan fingerprint density at radius 1 is 1.38 bits per heavy atom. The summed E-state index contributed by atoms with van der Waals surface area (Å²) in [5.41, 5.74) is 1.43. The van der Waals surface area contributed by atoms with Crippen LogP contribution >= 0.6 is 11.6 Å². The van der Waals surface area contributed by atoms with Crippen LogP contribution in [0.5, 0.6) is 0 Å². The van der Waals surface area contributed by atoms with Crippen LogP contribution in [0, 0.1) is 6.92 Å². The van der Waals surface area contributed by atoms with Crippen LogP contribution in [0.3, 0.4) is 0 Å². The summed E-state index contributed by atoms with van der Waals surface area (Å²) < 4.78 is 5.70. The summed E-state index contributed by atoms with van der Waals surface area (Å²) in [7, 11) is 2.10. The molecule has 1 aliphatic heterocycles. The number of nitrogens with zero attached hydrogens (tertiary/aromatic N) is 1. The van der Waals surface area contributed by atoms with Crippen LogP contribution in [0.2, 0.25) is 5.02 Å². The molecule has 0 aliphatic carbocycles. The predicted molar refractivity (Wildman–Crippen MR) is 83.9 cm³/mol. The van der Waals surface area contributed by atoms with Crippen molar-refractivity contribution in [3.05, 3.63) is 34.5 Å². The maximum absolute atomic E-state index is 12.4. The number of hydrogen-bond donors (Lipinski definition) is 1. The number of benzene rings is 1. The van der Waals surface area contributed by atoms with Gasteiger partial charge in [-0.15, -0.1) is 0 Å². The summed E-state index contributed by atoms with van der Waals surface area (Å²) in [6, 6.07) is 5.78. The number of aryl methyl sites for hydroxylation is 1. The molecule has 1 N–H and O–H groups in total. The monoisotopic (exact) mass is 306 g/mol. The quantitative estimate of drug-likeness (QED) is 0.926. The van der Waals surface area contributed by atoms with Crippen molar-refractivity contribution in [1.29, 1.82) is 0 Å². The van der Waals surface area contributed by atoms with Crippen LogP contribution < -0.4 is 5.32 Å². The van der Waals surface area contributed by atoms with Crippen LogP contribution in [-0.4, -0.2) is 37.0 Å². The van der Waals surface area contributed by atoms with Gasteiger partial charge in [-0.3, -0.25) is 4.79 Å². The van der Waals surface area contributed by atoms with Crippen LogP contribution in [0.4, 0.5) is 0 Å². The van der Waals surface area contributed by atoms with Crippen LogP contribution in [0.25, 0.3) is 11.0 Å². The molecule has 0 atom stereocenters. The van der Waals surface area contributed by atoms with E-state index in [1.54, 1.807) is 6.07 Å². The number of fused-ring (bicyclic) bond motifs is 1. The normalized spacial score (nSPS) is 17.3. The number of nitrogens with one attached hydrogen (secondary N) is 1. The summed E-state index contributed by atoms with van der Waals surface area (Å²) in [4.78, 5) is 14.7. The number of carbonyl (C=O) groups excluding carboxylic acids is 1. The first kappa shape index (κ1) is 14.4. The number of hydrogen-bond acceptors (Lipinski definition) is 3. The molecule has 1 aromatic heterocycles. The van der Waals surface area contributed by atoms with Gasteiger partial charge in [0.15, 0.2) is 11.3 Å². The molecule has 1 fully saturated rings. The van der Waals surface area contributed by atoms with Crippen molar-refractivity contribution in [2.75, 3.05) is 20.1 Å². The lowest BCUT2D eigenvalue weighted by molar-refractivity contribution is 0.0890. The summed E-state index contributed by atoms with van der Waals surface area (Å²) in [6.07, 6.45) is 1.95. The molecule has 1 amide bonds. The summed E-state index contributed by atoms with van der Waals surface area (Å²) >= 11 is 6.12. The van der Waals surface area contributed by atoms with Gasteiger partial charge in [-0.2, -0.15) is 0 Å². The second kappa shape index (κ2) is 5.70. The fourth-order valence-electron chi connectivity index (χ4n) is 2.83. The Hall–Kier alpha value is -1.52. The van der Waals surface area contributed by atoms with Crippen molar-refractivity contribution >= 4 is 28.5 Å². The summed E-state index contributed by atoms with van der Waals surface area (Å²) in [5.74, 6) is 0.228. The van der Waals surface area contributed by atoms with Gasteiger partial charge >= 0.3 is 0 Å². The third-order valence-corrected chi connectivity index (χ3v) is 4.47. The fourth-order valence-corrected chi connectivity index (χ4v) is 3.04. The van der Waals surface area contributed by atoms with E-state index < -0.39 is 0 Å². The molecule has 1 aliphatic rings. The second-order valence-corrected chi connectivity index (χ2v) is 6.13. The molecule has 5 heteroatoms. The number of carbonyl (C=O) groups is 1. The lowest BCUT2D eigenvalue weighted by Gasteiger charge is -2.29. The second-order valence-electron chi connectivity index (χ2n) is 5.72. The lowest BCUT2D eigenvalue weighted by Crippen LogP contribution is -2.43. The molecule has 0 bridgehead atoms. The summed E-state index contributed by atoms with van der Waals surface area (Å²) in [5, 5.41) is 4.51. The van der Waals surface area contributed by atoms with E-state index in [4.69, 9.17) is 16.0 Å².